The number of nitrogens with two attached hydrogens (primary N) is 1. The van der Waals surface area contributed by atoms with Crippen molar-refractivity contribution < 1.29 is 28.9 Å². The third-order valence-corrected chi connectivity index (χ3v) is 8.30. The molecule has 3 aromatic rings. The van der Waals surface area contributed by atoms with E-state index < -0.39 is 29.7 Å². The molecule has 9 heteroatoms. The fraction of sp³-hybridized carbons (Fsp3) is 0.353. The van der Waals surface area contributed by atoms with Crippen LogP contribution in [0.4, 0.5) is 0 Å². The highest BCUT2D eigenvalue weighted by molar-refractivity contribution is 5.91. The van der Waals surface area contributed by atoms with Crippen LogP contribution < -0.4 is 21.2 Å². The smallest absolute Gasteiger partial charge is 0.333 e. The highest BCUT2D eigenvalue weighted by Crippen LogP contribution is 2.48. The molecule has 5 N–H and O–H groups in total. The number of esters is 1. The Labute approximate surface area is 250 Å². The van der Waals surface area contributed by atoms with E-state index in [0.29, 0.717) is 48.1 Å². The van der Waals surface area contributed by atoms with Gasteiger partial charge in [0.1, 0.15) is 46.5 Å². The van der Waals surface area contributed by atoms with E-state index in [1.54, 1.807) is 19.9 Å². The van der Waals surface area contributed by atoms with Crippen LogP contribution in [-0.4, -0.2) is 34.1 Å². The second-order valence-corrected chi connectivity index (χ2v) is 11.3. The third-order valence-electron chi connectivity index (χ3n) is 8.30. The van der Waals surface area contributed by atoms with Crippen LogP contribution in [0.15, 0.2) is 81.2 Å². The van der Waals surface area contributed by atoms with Crippen molar-refractivity contribution in [2.45, 2.75) is 77.4 Å². The van der Waals surface area contributed by atoms with Gasteiger partial charge in [0.25, 0.3) is 0 Å². The van der Waals surface area contributed by atoms with Crippen LogP contribution in [0.3, 0.4) is 0 Å². The van der Waals surface area contributed by atoms with E-state index >= 15 is 0 Å². The van der Waals surface area contributed by atoms with Crippen LogP contribution in [0.5, 0.6) is 11.5 Å². The molecule has 0 fully saturated rings. The van der Waals surface area contributed by atoms with Crippen molar-refractivity contribution >= 4 is 16.9 Å². The number of aliphatic hydroxyl groups excluding tert-OH is 1. The average Bonchev–Trinajstić information content (AvgIpc) is 3.01. The first-order chi connectivity index (χ1) is 20.6. The summed E-state index contributed by atoms with van der Waals surface area (Å²) in [5.74, 6) is -0.252. The molecule has 0 bridgehead atoms. The molecule has 5 rings (SSSR count). The van der Waals surface area contributed by atoms with Crippen molar-refractivity contribution in [3.05, 3.63) is 105 Å². The summed E-state index contributed by atoms with van der Waals surface area (Å²) in [5.41, 5.74) is 8.16. The van der Waals surface area contributed by atoms with Gasteiger partial charge in [-0.25, -0.2) is 4.79 Å². The number of hydrogen-bond donors (Lipinski definition) is 4. The number of aryl methyl sites for hydroxylation is 2. The summed E-state index contributed by atoms with van der Waals surface area (Å²) in [6, 6.07) is 11.1. The van der Waals surface area contributed by atoms with Gasteiger partial charge < -0.3 is 35.2 Å². The number of ether oxygens (including phenoxy) is 2. The molecule has 9 nitrogen and oxygen atoms in total. The summed E-state index contributed by atoms with van der Waals surface area (Å²) >= 11 is 0. The molecular weight excluding hydrogens is 548 g/mol. The zero-order chi connectivity index (χ0) is 30.7. The van der Waals surface area contributed by atoms with Gasteiger partial charge in [0.05, 0.1) is 6.17 Å². The molecule has 226 valence electrons. The van der Waals surface area contributed by atoms with Crippen molar-refractivity contribution in [1.29, 1.82) is 0 Å². The molecule has 0 aliphatic carbocycles. The molecule has 3 atom stereocenters. The van der Waals surface area contributed by atoms with Crippen molar-refractivity contribution in [1.82, 2.24) is 5.32 Å². The first kappa shape index (κ1) is 30.1. The first-order valence-electron chi connectivity index (χ1n) is 14.5. The normalized spacial score (nSPS) is 21.5. The van der Waals surface area contributed by atoms with Crippen molar-refractivity contribution in [2.75, 3.05) is 0 Å². The van der Waals surface area contributed by atoms with E-state index in [1.165, 1.54) is 6.07 Å². The van der Waals surface area contributed by atoms with Crippen LogP contribution >= 0.6 is 0 Å². The van der Waals surface area contributed by atoms with Gasteiger partial charge in [-0.3, -0.25) is 4.79 Å². The van der Waals surface area contributed by atoms with E-state index in [2.05, 4.69) is 5.32 Å². The Morgan fingerprint density at radius 2 is 2.00 bits per heavy atom. The maximum atomic E-state index is 13.2. The molecule has 0 saturated carbocycles. The molecule has 0 amide bonds. The summed E-state index contributed by atoms with van der Waals surface area (Å²) in [4.78, 5) is 26.2. The number of hydrogen-bond acceptors (Lipinski definition) is 9. The largest absolute Gasteiger partial charge is 0.507 e. The average molecular weight is 587 g/mol. The number of rotatable bonds is 9. The quantitative estimate of drug-likeness (QED) is 0.211. The summed E-state index contributed by atoms with van der Waals surface area (Å²) in [7, 11) is 0. The molecule has 2 aromatic carbocycles. The van der Waals surface area contributed by atoms with Crippen LogP contribution in [0.2, 0.25) is 0 Å². The van der Waals surface area contributed by atoms with Gasteiger partial charge in [-0.2, -0.15) is 0 Å². The molecule has 1 aromatic heterocycles. The second kappa shape index (κ2) is 12.5. The van der Waals surface area contributed by atoms with Crippen LogP contribution in [-0.2, 0) is 35.4 Å². The Kier molecular flexibility index (Phi) is 8.75. The molecule has 43 heavy (non-hydrogen) atoms. The highest BCUT2D eigenvalue weighted by Gasteiger charge is 2.46. The maximum absolute atomic E-state index is 13.2. The number of carbonyl (C=O) groups excluding carboxylic acids is 1. The zero-order valence-corrected chi connectivity index (χ0v) is 24.7. The van der Waals surface area contributed by atoms with Gasteiger partial charge in [0.15, 0.2) is 5.43 Å². The maximum Gasteiger partial charge on any atom is 0.333 e. The predicted molar refractivity (Wildman–Crippen MR) is 164 cm³/mol. The van der Waals surface area contributed by atoms with E-state index in [4.69, 9.17) is 19.6 Å². The van der Waals surface area contributed by atoms with Gasteiger partial charge >= 0.3 is 5.97 Å². The van der Waals surface area contributed by atoms with Gasteiger partial charge in [-0.15, -0.1) is 0 Å². The summed E-state index contributed by atoms with van der Waals surface area (Å²) in [6.07, 6.45) is 8.62. The summed E-state index contributed by atoms with van der Waals surface area (Å²) in [6.45, 7) is 4.87. The van der Waals surface area contributed by atoms with Gasteiger partial charge in [0.2, 0.25) is 0 Å². The topological polar surface area (TPSA) is 144 Å². The molecule has 0 spiro atoms. The van der Waals surface area contributed by atoms with Crippen LogP contribution in [0.1, 0.15) is 56.1 Å². The fourth-order valence-corrected chi connectivity index (χ4v) is 5.55. The fourth-order valence-electron chi connectivity index (χ4n) is 5.55. The van der Waals surface area contributed by atoms with Gasteiger partial charge in [-0.1, -0.05) is 42.5 Å². The lowest BCUT2D eigenvalue weighted by atomic mass is 9.82. The minimum Gasteiger partial charge on any atom is -0.507 e. The van der Waals surface area contributed by atoms with Crippen LogP contribution in [0.25, 0.3) is 11.0 Å². The monoisotopic (exact) mass is 586 g/mol. The Hall–Kier alpha value is -4.34. The van der Waals surface area contributed by atoms with E-state index in [1.807, 2.05) is 55.6 Å². The molecule has 0 saturated heterocycles. The van der Waals surface area contributed by atoms with E-state index in [9.17, 15) is 19.8 Å². The van der Waals surface area contributed by atoms with E-state index in [0.717, 1.165) is 11.1 Å². The van der Waals surface area contributed by atoms with E-state index in [-0.39, 0.29) is 35.1 Å². The number of carbonyl (C=O) groups is 1. The summed E-state index contributed by atoms with van der Waals surface area (Å²) < 4.78 is 18.8. The molecular formula is C34H38N2O7. The highest BCUT2D eigenvalue weighted by atomic mass is 16.6. The van der Waals surface area contributed by atoms with Gasteiger partial charge in [-0.05, 0) is 63.7 Å². The minimum absolute atomic E-state index is 0.0147. The Balaban J connectivity index is 1.63. The number of fused-ring (bicyclic) bond motifs is 2. The standard InChI is InChI=1S/C34H38N2O7/c1-4-20(2)33(40)42-27-17-25-30(39)29-26(38)16-23(19-37)41-32(29)24(12-10-21-8-6-5-7-9-21)31(25)43-34(27,3)15-14-22-11-13-28(35)36-18-22/h4-9,11,13,16,18,27-28,36-37,39H,10,12,14-15,17,19,35H2,1-3H3. The number of phenols is 1. The zero-order valence-electron chi connectivity index (χ0n) is 24.7. The first-order valence-corrected chi connectivity index (χ1v) is 14.5. The van der Waals surface area contributed by atoms with Crippen molar-refractivity contribution in [3.8, 4) is 11.5 Å². The second-order valence-electron chi connectivity index (χ2n) is 11.3. The lowest BCUT2D eigenvalue weighted by Gasteiger charge is -2.43. The lowest BCUT2D eigenvalue weighted by molar-refractivity contribution is -0.158. The number of dihydropyridines is 1. The SMILES string of the molecule is CC=C(C)C(=O)OC1Cc2c(c(CCc3ccccc3)c3oc(CO)cc(=O)c3c2O)OC1(C)CCC1=CNC(N)C=C1. The van der Waals surface area contributed by atoms with Crippen LogP contribution in [0, 0.1) is 0 Å². The number of aliphatic hydroxyl groups is 1. The van der Waals surface area contributed by atoms with Crippen molar-refractivity contribution in [3.63, 3.8) is 0 Å². The molecule has 2 aliphatic heterocycles. The number of phenolic OH excluding ortho intramolecular Hbond substituents is 1. The Morgan fingerprint density at radius 3 is 2.67 bits per heavy atom. The number of nitrogens with one attached hydrogen (secondary N) is 1. The summed E-state index contributed by atoms with van der Waals surface area (Å²) in [5, 5.41) is 24.4. The molecule has 3 unspecified atom stereocenters. The lowest BCUT2D eigenvalue weighted by Crippen LogP contribution is -2.51. The molecule has 3 heterocycles. The van der Waals surface area contributed by atoms with Gasteiger partial charge in [0, 0.05) is 35.4 Å². The molecule has 2 aliphatic rings. The van der Waals surface area contributed by atoms with Crippen molar-refractivity contribution in [2.24, 2.45) is 5.73 Å². The Bertz CT molecular complexity index is 1670. The number of aromatic hydroxyl groups is 1. The predicted octanol–water partition coefficient (Wildman–Crippen LogP) is 4.46. The minimum atomic E-state index is -0.999. The number of benzene rings is 2. The molecule has 0 radical (unpaired) electrons. The Morgan fingerprint density at radius 1 is 1.23 bits per heavy atom. The third kappa shape index (κ3) is 6.23. The number of allylic oxidation sites excluding steroid dienone is 3.